The van der Waals surface area contributed by atoms with Crippen LogP contribution in [-0.2, 0) is 6.54 Å². The van der Waals surface area contributed by atoms with Gasteiger partial charge in [-0.1, -0.05) is 0 Å². The molecule has 0 aliphatic rings. The first-order chi connectivity index (χ1) is 19.8. The molecule has 2 N–H and O–H groups in total. The lowest BCUT2D eigenvalue weighted by Gasteiger charge is -2.12. The van der Waals surface area contributed by atoms with Crippen molar-refractivity contribution in [3.8, 4) is 39.7 Å². The van der Waals surface area contributed by atoms with Gasteiger partial charge in [0.1, 0.15) is 23.9 Å². The molecule has 0 bridgehead atoms. The highest BCUT2D eigenvalue weighted by atomic mass is 19.1. The maximum absolute atomic E-state index is 14.6. The van der Waals surface area contributed by atoms with Crippen molar-refractivity contribution >= 4 is 21.8 Å². The van der Waals surface area contributed by atoms with E-state index in [0.29, 0.717) is 23.6 Å². The number of ether oxygens (including phenoxy) is 1. The van der Waals surface area contributed by atoms with Gasteiger partial charge in [0.15, 0.2) is 0 Å². The van der Waals surface area contributed by atoms with Crippen LogP contribution in [0.1, 0.15) is 5.56 Å². The third-order valence-electron chi connectivity index (χ3n) is 6.79. The molecule has 0 saturated carbocycles. The zero-order valence-electron chi connectivity index (χ0n) is 23.4. The van der Waals surface area contributed by atoms with E-state index in [1.54, 1.807) is 12.4 Å². The Labute approximate surface area is 237 Å². The normalized spacial score (nSPS) is 11.8. The molecule has 0 fully saturated rings. The Bertz CT molecular complexity index is 1840. The maximum Gasteiger partial charge on any atom is 0.127 e. The Balaban J connectivity index is 1.37. The van der Waals surface area contributed by atoms with Crippen LogP contribution in [0.5, 0.6) is 5.75 Å². The molecule has 10 heteroatoms. The molecule has 1 aromatic carbocycles. The van der Waals surface area contributed by atoms with Crippen molar-refractivity contribution in [3.63, 3.8) is 0 Å². The summed E-state index contributed by atoms with van der Waals surface area (Å²) in [7, 11) is 8.00. The van der Waals surface area contributed by atoms with Gasteiger partial charge in [-0.05, 0) is 70.2 Å². The number of rotatable bonds is 9. The van der Waals surface area contributed by atoms with Crippen LogP contribution in [0.3, 0.4) is 0 Å². The molecule has 0 unspecified atom stereocenters. The van der Waals surface area contributed by atoms with E-state index in [2.05, 4.69) is 41.1 Å². The summed E-state index contributed by atoms with van der Waals surface area (Å²) in [5.74, 6) is 0.0956. The third kappa shape index (κ3) is 5.65. The predicted molar refractivity (Wildman–Crippen MR) is 159 cm³/mol. The molecule has 6 aromatic rings. The van der Waals surface area contributed by atoms with E-state index < -0.39 is 0 Å². The first-order valence-electron chi connectivity index (χ1n) is 13.3. The largest absolute Gasteiger partial charge is 0.492 e. The Morgan fingerprint density at radius 3 is 2.51 bits per heavy atom. The Morgan fingerprint density at radius 2 is 1.68 bits per heavy atom. The van der Waals surface area contributed by atoms with Crippen molar-refractivity contribution in [2.24, 2.45) is 0 Å². The zero-order chi connectivity index (χ0) is 28.5. The minimum atomic E-state index is -0.376. The SMILES string of the molecule is CN(C)CCOc1cc(F)cc(-c2nccc3[nH]c(-c4n[nH]c5cnc(-c6cncc(CN(C)C)c6)cc45)cc23)c1. The minimum absolute atomic E-state index is 0.376. The van der Waals surface area contributed by atoms with Crippen molar-refractivity contribution < 1.29 is 9.13 Å². The highest BCUT2D eigenvalue weighted by Gasteiger charge is 2.16. The molecule has 0 atom stereocenters. The fourth-order valence-electron chi connectivity index (χ4n) is 4.90. The van der Waals surface area contributed by atoms with Gasteiger partial charge >= 0.3 is 0 Å². The zero-order valence-corrected chi connectivity index (χ0v) is 23.4. The third-order valence-corrected chi connectivity index (χ3v) is 6.79. The minimum Gasteiger partial charge on any atom is -0.492 e. The number of nitrogens with zero attached hydrogens (tertiary/aromatic N) is 6. The lowest BCUT2D eigenvalue weighted by Crippen LogP contribution is -2.19. The second-order valence-corrected chi connectivity index (χ2v) is 10.6. The Morgan fingerprint density at radius 1 is 0.829 bits per heavy atom. The van der Waals surface area contributed by atoms with E-state index in [1.165, 1.54) is 12.1 Å². The first kappa shape index (κ1) is 26.5. The molecular formula is C31H31FN8O. The number of halogens is 1. The molecular weight excluding hydrogens is 519 g/mol. The van der Waals surface area contributed by atoms with E-state index in [0.717, 1.165) is 63.1 Å². The van der Waals surface area contributed by atoms with Crippen molar-refractivity contribution in [1.82, 2.24) is 39.9 Å². The number of H-pyrrole nitrogens is 2. The lowest BCUT2D eigenvalue weighted by atomic mass is 10.1. The van der Waals surface area contributed by atoms with Crippen LogP contribution >= 0.6 is 0 Å². The number of fused-ring (bicyclic) bond motifs is 2. The summed E-state index contributed by atoms with van der Waals surface area (Å²) in [6, 6.07) is 12.7. The van der Waals surface area contributed by atoms with Crippen molar-refractivity contribution in [1.29, 1.82) is 0 Å². The van der Waals surface area contributed by atoms with Crippen LogP contribution < -0.4 is 4.74 Å². The number of pyridine rings is 3. The standard InChI is InChI=1S/C31H31FN8O/c1-39(2)7-8-41-23-11-20(10-22(32)12-23)30-24-14-28(36-26(24)5-6-34-30)31-25-13-27(35-17-29(25)37-38-31)21-9-19(15-33-16-21)18-40(3)4/h5-6,9-17,36H,7-8,18H2,1-4H3,(H,37,38). The number of likely N-dealkylation sites (N-methyl/N-ethyl adjacent to an activating group) is 1. The first-order valence-corrected chi connectivity index (χ1v) is 13.3. The smallest absolute Gasteiger partial charge is 0.127 e. The van der Waals surface area contributed by atoms with Gasteiger partial charge in [-0.2, -0.15) is 5.10 Å². The van der Waals surface area contributed by atoms with Crippen LogP contribution in [0.15, 0.2) is 67.3 Å². The van der Waals surface area contributed by atoms with E-state index in [-0.39, 0.29) is 5.82 Å². The monoisotopic (exact) mass is 550 g/mol. The van der Waals surface area contributed by atoms with Gasteiger partial charge in [0, 0.05) is 65.2 Å². The van der Waals surface area contributed by atoms with E-state index in [4.69, 9.17) is 4.74 Å². The average molecular weight is 551 g/mol. The summed E-state index contributed by atoms with van der Waals surface area (Å²) in [4.78, 5) is 21.3. The van der Waals surface area contributed by atoms with Crippen LogP contribution in [0, 0.1) is 5.82 Å². The number of hydrogen-bond donors (Lipinski definition) is 2. The predicted octanol–water partition coefficient (Wildman–Crippen LogP) is 5.37. The van der Waals surface area contributed by atoms with Gasteiger partial charge < -0.3 is 19.5 Å². The van der Waals surface area contributed by atoms with E-state index >= 15 is 0 Å². The van der Waals surface area contributed by atoms with Crippen LogP contribution in [0.4, 0.5) is 4.39 Å². The molecule has 0 spiro atoms. The summed E-state index contributed by atoms with van der Waals surface area (Å²) in [5, 5.41) is 9.49. The van der Waals surface area contributed by atoms with Crippen LogP contribution in [0.25, 0.3) is 55.7 Å². The van der Waals surface area contributed by atoms with Crippen molar-refractivity contribution in [2.75, 3.05) is 41.3 Å². The fraction of sp³-hybridized carbons (Fsp3) is 0.226. The Hall–Kier alpha value is -4.67. The number of aromatic amines is 2. The van der Waals surface area contributed by atoms with Gasteiger partial charge in [0.05, 0.1) is 28.8 Å². The van der Waals surface area contributed by atoms with Crippen LogP contribution in [-0.4, -0.2) is 81.3 Å². The number of nitrogens with one attached hydrogen (secondary N) is 2. The van der Waals surface area contributed by atoms with Gasteiger partial charge in [-0.15, -0.1) is 0 Å². The van der Waals surface area contributed by atoms with Gasteiger partial charge in [-0.25, -0.2) is 4.39 Å². The highest BCUT2D eigenvalue weighted by molar-refractivity contribution is 6.00. The second-order valence-electron chi connectivity index (χ2n) is 10.6. The van der Waals surface area contributed by atoms with Gasteiger partial charge in [0.2, 0.25) is 0 Å². The molecule has 41 heavy (non-hydrogen) atoms. The molecule has 0 radical (unpaired) electrons. The fourth-order valence-corrected chi connectivity index (χ4v) is 4.90. The lowest BCUT2D eigenvalue weighted by molar-refractivity contribution is 0.260. The molecule has 6 rings (SSSR count). The van der Waals surface area contributed by atoms with E-state index in [1.807, 2.05) is 69.7 Å². The molecule has 0 saturated heterocycles. The summed E-state index contributed by atoms with van der Waals surface area (Å²) in [6.07, 6.45) is 7.21. The summed E-state index contributed by atoms with van der Waals surface area (Å²) in [6.45, 7) is 1.98. The Kier molecular flexibility index (Phi) is 7.17. The molecule has 5 aromatic heterocycles. The molecule has 0 amide bonds. The molecule has 0 aliphatic heterocycles. The van der Waals surface area contributed by atoms with Crippen LogP contribution in [0.2, 0.25) is 0 Å². The quantitative estimate of drug-likeness (QED) is 0.250. The van der Waals surface area contributed by atoms with Crippen molar-refractivity contribution in [3.05, 3.63) is 78.6 Å². The van der Waals surface area contributed by atoms with Crippen molar-refractivity contribution in [2.45, 2.75) is 6.54 Å². The summed E-state index contributed by atoms with van der Waals surface area (Å²) in [5.41, 5.74) is 7.44. The van der Waals surface area contributed by atoms with E-state index in [9.17, 15) is 4.39 Å². The topological polar surface area (TPSA) is 98.8 Å². The average Bonchev–Trinajstić information content (AvgIpc) is 3.56. The maximum atomic E-state index is 14.6. The summed E-state index contributed by atoms with van der Waals surface area (Å²) >= 11 is 0. The molecule has 208 valence electrons. The van der Waals surface area contributed by atoms with Gasteiger partial charge in [-0.3, -0.25) is 20.1 Å². The molecule has 5 heterocycles. The summed E-state index contributed by atoms with van der Waals surface area (Å²) < 4.78 is 20.4. The second kappa shape index (κ2) is 11.1. The highest BCUT2D eigenvalue weighted by Crippen LogP contribution is 2.35. The number of benzene rings is 1. The number of hydrogen-bond acceptors (Lipinski definition) is 7. The molecule has 0 aliphatic carbocycles. The van der Waals surface area contributed by atoms with Gasteiger partial charge in [0.25, 0.3) is 0 Å². The molecule has 9 nitrogen and oxygen atoms in total. The number of aromatic nitrogens is 6.